The van der Waals surface area contributed by atoms with Crippen LogP contribution in [0.5, 0.6) is 5.75 Å². The summed E-state index contributed by atoms with van der Waals surface area (Å²) < 4.78 is 33.0. The summed E-state index contributed by atoms with van der Waals surface area (Å²) in [6, 6.07) is 2.69. The third-order valence-corrected chi connectivity index (χ3v) is 4.30. The van der Waals surface area contributed by atoms with Gasteiger partial charge in [-0.15, -0.1) is 0 Å². The zero-order valence-electron chi connectivity index (χ0n) is 10.5. The summed E-state index contributed by atoms with van der Waals surface area (Å²) in [5.74, 6) is 0.308. The predicted octanol–water partition coefficient (Wildman–Crippen LogP) is 2.44. The first-order valence-electron chi connectivity index (χ1n) is 5.43. The normalized spacial score (nSPS) is 13.3. The average Bonchev–Trinajstić information content (AvgIpc) is 2.31. The van der Waals surface area contributed by atoms with Crippen molar-refractivity contribution in [2.45, 2.75) is 24.3 Å². The van der Waals surface area contributed by atoms with E-state index < -0.39 is 10.0 Å². The second-order valence-electron chi connectivity index (χ2n) is 3.94. The molecular formula is C11H15Cl2NO4S. The average molecular weight is 328 g/mol. The molecule has 0 aliphatic rings. The largest absolute Gasteiger partial charge is 0.489 e. The van der Waals surface area contributed by atoms with E-state index in [-0.39, 0.29) is 21.0 Å². The first-order chi connectivity index (χ1) is 8.77. The molecule has 0 spiro atoms. The Hall–Kier alpha value is -0.530. The van der Waals surface area contributed by atoms with E-state index in [0.717, 1.165) is 0 Å². The number of benzene rings is 1. The molecule has 5 nitrogen and oxygen atoms in total. The van der Waals surface area contributed by atoms with Crippen LogP contribution in [0.1, 0.15) is 13.3 Å². The van der Waals surface area contributed by atoms with Crippen LogP contribution in [-0.2, 0) is 14.8 Å². The van der Waals surface area contributed by atoms with Crippen LogP contribution in [-0.4, -0.2) is 28.2 Å². The fourth-order valence-electron chi connectivity index (χ4n) is 1.38. The minimum atomic E-state index is -3.91. The Balaban J connectivity index is 2.97. The van der Waals surface area contributed by atoms with E-state index in [9.17, 15) is 8.42 Å². The van der Waals surface area contributed by atoms with E-state index in [2.05, 4.69) is 0 Å². The van der Waals surface area contributed by atoms with Gasteiger partial charge in [-0.1, -0.05) is 23.2 Å². The van der Waals surface area contributed by atoms with Gasteiger partial charge in [-0.2, -0.15) is 0 Å². The van der Waals surface area contributed by atoms with Crippen molar-refractivity contribution >= 4 is 33.2 Å². The fraction of sp³-hybridized carbons (Fsp3) is 0.455. The van der Waals surface area contributed by atoms with E-state index in [1.165, 1.54) is 12.1 Å². The molecule has 1 aromatic carbocycles. The van der Waals surface area contributed by atoms with Crippen molar-refractivity contribution in [1.29, 1.82) is 0 Å². The van der Waals surface area contributed by atoms with Crippen molar-refractivity contribution in [1.82, 2.24) is 0 Å². The number of nitrogens with two attached hydrogens (primary N) is 1. The maximum atomic E-state index is 11.3. The molecule has 0 saturated carbocycles. The smallest absolute Gasteiger partial charge is 0.239 e. The van der Waals surface area contributed by atoms with Crippen molar-refractivity contribution in [3.05, 3.63) is 22.2 Å². The Morgan fingerprint density at radius 3 is 2.47 bits per heavy atom. The standard InChI is InChI=1S/C11H15Cl2NO4S/c1-7(5-6-17-2)18-8-3-4-9(19(14,15)16)11(13)10(8)12/h3-4,7H,5-6H2,1-2H3,(H2,14,15,16). The lowest BCUT2D eigenvalue weighted by atomic mass is 10.3. The topological polar surface area (TPSA) is 78.6 Å². The van der Waals surface area contributed by atoms with Crippen LogP contribution in [0.2, 0.25) is 10.0 Å². The number of rotatable bonds is 6. The number of sulfonamides is 1. The number of ether oxygens (including phenoxy) is 2. The Morgan fingerprint density at radius 1 is 1.32 bits per heavy atom. The molecule has 0 aliphatic heterocycles. The van der Waals surface area contributed by atoms with E-state index >= 15 is 0 Å². The molecule has 1 aromatic rings. The van der Waals surface area contributed by atoms with Crippen molar-refractivity contribution in [3.63, 3.8) is 0 Å². The maximum Gasteiger partial charge on any atom is 0.239 e. The highest BCUT2D eigenvalue weighted by Crippen LogP contribution is 2.36. The minimum Gasteiger partial charge on any atom is -0.489 e. The van der Waals surface area contributed by atoms with Gasteiger partial charge in [-0.3, -0.25) is 0 Å². The highest BCUT2D eigenvalue weighted by Gasteiger charge is 2.19. The first kappa shape index (κ1) is 16.5. The van der Waals surface area contributed by atoms with Crippen LogP contribution in [0, 0.1) is 0 Å². The summed E-state index contributed by atoms with van der Waals surface area (Å²) in [6.45, 7) is 2.39. The van der Waals surface area contributed by atoms with Crippen molar-refractivity contribution in [2.75, 3.05) is 13.7 Å². The molecule has 1 rings (SSSR count). The van der Waals surface area contributed by atoms with E-state index in [1.54, 1.807) is 7.11 Å². The molecule has 2 N–H and O–H groups in total. The van der Waals surface area contributed by atoms with Gasteiger partial charge in [0.2, 0.25) is 10.0 Å². The summed E-state index contributed by atoms with van der Waals surface area (Å²) in [7, 11) is -2.31. The van der Waals surface area contributed by atoms with Crippen molar-refractivity contribution in [3.8, 4) is 5.75 Å². The molecule has 1 unspecified atom stereocenters. The van der Waals surface area contributed by atoms with Crippen molar-refractivity contribution < 1.29 is 17.9 Å². The van der Waals surface area contributed by atoms with Gasteiger partial charge in [-0.05, 0) is 19.1 Å². The summed E-state index contributed by atoms with van der Waals surface area (Å²) in [5.41, 5.74) is 0. The quantitative estimate of drug-likeness (QED) is 0.870. The Kier molecular flexibility index (Phi) is 5.88. The van der Waals surface area contributed by atoms with Crippen molar-refractivity contribution in [2.24, 2.45) is 5.14 Å². The Bertz CT molecular complexity index is 548. The molecule has 0 amide bonds. The van der Waals surface area contributed by atoms with Crippen LogP contribution >= 0.6 is 23.2 Å². The Morgan fingerprint density at radius 2 is 1.95 bits per heavy atom. The third-order valence-electron chi connectivity index (χ3n) is 2.37. The highest BCUT2D eigenvalue weighted by atomic mass is 35.5. The number of halogens is 2. The van der Waals surface area contributed by atoms with Crippen LogP contribution in [0.4, 0.5) is 0 Å². The number of primary sulfonamides is 1. The van der Waals surface area contributed by atoms with Gasteiger partial charge in [0.1, 0.15) is 15.7 Å². The highest BCUT2D eigenvalue weighted by molar-refractivity contribution is 7.89. The molecule has 19 heavy (non-hydrogen) atoms. The SMILES string of the molecule is COCCC(C)Oc1ccc(S(N)(=O)=O)c(Cl)c1Cl. The monoisotopic (exact) mass is 327 g/mol. The van der Waals surface area contributed by atoms with Gasteiger partial charge < -0.3 is 9.47 Å². The lowest BCUT2D eigenvalue weighted by Crippen LogP contribution is -2.16. The number of hydrogen-bond donors (Lipinski definition) is 1. The lowest BCUT2D eigenvalue weighted by Gasteiger charge is -2.16. The third kappa shape index (κ3) is 4.50. The maximum absolute atomic E-state index is 11.3. The van der Waals surface area contributed by atoms with Crippen LogP contribution in [0.3, 0.4) is 0 Å². The Labute approximate surface area is 122 Å². The summed E-state index contributed by atoms with van der Waals surface area (Å²) in [6.07, 6.45) is 0.523. The molecule has 0 saturated heterocycles. The number of hydrogen-bond acceptors (Lipinski definition) is 4. The van der Waals surface area contributed by atoms with Gasteiger partial charge in [0, 0.05) is 20.1 Å². The van der Waals surface area contributed by atoms with Crippen LogP contribution < -0.4 is 9.88 Å². The molecular weight excluding hydrogens is 313 g/mol. The van der Waals surface area contributed by atoms with Gasteiger partial charge >= 0.3 is 0 Å². The molecule has 0 fully saturated rings. The molecule has 8 heteroatoms. The molecule has 108 valence electrons. The van der Waals surface area contributed by atoms with Crippen LogP contribution in [0.25, 0.3) is 0 Å². The van der Waals surface area contributed by atoms with Gasteiger partial charge in [0.25, 0.3) is 0 Å². The first-order valence-corrected chi connectivity index (χ1v) is 7.74. The summed E-state index contributed by atoms with van der Waals surface area (Å²) >= 11 is 11.8. The molecule has 0 radical (unpaired) electrons. The van der Waals surface area contributed by atoms with E-state index in [4.69, 9.17) is 37.8 Å². The molecule has 1 atom stereocenters. The van der Waals surface area contributed by atoms with Gasteiger partial charge in [0.05, 0.1) is 11.1 Å². The van der Waals surface area contributed by atoms with Gasteiger partial charge in [0.15, 0.2) is 0 Å². The zero-order valence-corrected chi connectivity index (χ0v) is 12.8. The van der Waals surface area contributed by atoms with E-state index in [1.807, 2.05) is 6.92 Å². The fourth-order valence-corrected chi connectivity index (χ4v) is 2.74. The molecule has 0 bridgehead atoms. The van der Waals surface area contributed by atoms with Gasteiger partial charge in [-0.25, -0.2) is 13.6 Å². The molecule has 0 aliphatic carbocycles. The van der Waals surface area contributed by atoms with E-state index in [0.29, 0.717) is 18.8 Å². The second kappa shape index (κ2) is 6.76. The molecule has 0 heterocycles. The van der Waals surface area contributed by atoms with Crippen LogP contribution in [0.15, 0.2) is 17.0 Å². The molecule has 0 aromatic heterocycles. The summed E-state index contributed by atoms with van der Waals surface area (Å²) in [5, 5.41) is 4.90. The summed E-state index contributed by atoms with van der Waals surface area (Å²) in [4.78, 5) is -0.226. The predicted molar refractivity (Wildman–Crippen MR) is 74.4 cm³/mol. The second-order valence-corrected chi connectivity index (χ2v) is 6.23. The minimum absolute atomic E-state index is 0.0254. The zero-order chi connectivity index (χ0) is 14.6. The lowest BCUT2D eigenvalue weighted by molar-refractivity contribution is 0.135. The number of methoxy groups -OCH3 is 1.